The van der Waals surface area contributed by atoms with Crippen LogP contribution in [0.25, 0.3) is 0 Å². The Labute approximate surface area is 173 Å². The first-order chi connectivity index (χ1) is 14.0. The maximum Gasteiger partial charge on any atom is 0.325 e. The third-order valence-corrected chi connectivity index (χ3v) is 5.73. The Balaban J connectivity index is 1.57. The van der Waals surface area contributed by atoms with E-state index in [4.69, 9.17) is 11.6 Å². The minimum Gasteiger partial charge on any atom is -0.323 e. The molecule has 0 unspecified atom stereocenters. The second-order valence-electron chi connectivity index (χ2n) is 7.39. The number of rotatable bonds is 5. The summed E-state index contributed by atoms with van der Waals surface area (Å²) in [6, 6.07) is 11.8. The topological polar surface area (TPSA) is 82.6 Å². The first kappa shape index (κ1) is 19.4. The summed E-state index contributed by atoms with van der Waals surface area (Å²) < 4.78 is 0. The number of urea groups is 1. The minimum absolute atomic E-state index is 0.218. The number of pyridine rings is 1. The van der Waals surface area contributed by atoms with E-state index in [-0.39, 0.29) is 24.9 Å². The summed E-state index contributed by atoms with van der Waals surface area (Å²) in [6.45, 7) is -0.0992. The van der Waals surface area contributed by atoms with E-state index < -0.39 is 11.6 Å². The number of carbonyl (C=O) groups excluding carboxylic acids is 3. The predicted molar refractivity (Wildman–Crippen MR) is 108 cm³/mol. The van der Waals surface area contributed by atoms with Crippen molar-refractivity contribution >= 4 is 35.1 Å². The first-order valence-electron chi connectivity index (χ1n) is 9.58. The minimum atomic E-state index is -0.830. The molecule has 1 aliphatic carbocycles. The number of nitrogens with one attached hydrogen (secondary N) is 1. The molecule has 1 saturated heterocycles. The summed E-state index contributed by atoms with van der Waals surface area (Å²) in [5.74, 6) is -0.668. The predicted octanol–water partition coefficient (Wildman–Crippen LogP) is 3.13. The molecule has 0 bridgehead atoms. The van der Waals surface area contributed by atoms with E-state index in [1.54, 1.807) is 36.5 Å². The van der Waals surface area contributed by atoms with Crippen molar-refractivity contribution in [3.8, 4) is 0 Å². The lowest BCUT2D eigenvalue weighted by Gasteiger charge is -2.25. The van der Waals surface area contributed by atoms with Crippen molar-refractivity contribution in [2.75, 3.05) is 11.4 Å². The van der Waals surface area contributed by atoms with Gasteiger partial charge in [0.15, 0.2) is 0 Å². The quantitative estimate of drug-likeness (QED) is 0.765. The highest BCUT2D eigenvalue weighted by Crippen LogP contribution is 2.35. The third kappa shape index (κ3) is 3.82. The molecule has 0 atom stereocenters. The normalized spacial score (nSPS) is 17.6. The van der Waals surface area contributed by atoms with Crippen molar-refractivity contribution < 1.29 is 14.4 Å². The van der Waals surface area contributed by atoms with Crippen molar-refractivity contribution in [3.63, 3.8) is 0 Å². The van der Waals surface area contributed by atoms with Crippen molar-refractivity contribution in [2.24, 2.45) is 0 Å². The maximum atomic E-state index is 13.2. The molecule has 4 rings (SSSR count). The van der Waals surface area contributed by atoms with Gasteiger partial charge in [-0.3, -0.25) is 19.5 Å². The van der Waals surface area contributed by atoms with Crippen molar-refractivity contribution in [1.82, 2.24) is 15.2 Å². The van der Waals surface area contributed by atoms with Gasteiger partial charge < -0.3 is 10.2 Å². The highest BCUT2D eigenvalue weighted by molar-refractivity contribution is 6.30. The average Bonchev–Trinajstić information content (AvgIpc) is 3.28. The van der Waals surface area contributed by atoms with Gasteiger partial charge in [0.25, 0.3) is 5.91 Å². The maximum absolute atomic E-state index is 13.2. The van der Waals surface area contributed by atoms with Gasteiger partial charge in [0.1, 0.15) is 12.1 Å². The average molecular weight is 413 g/mol. The molecule has 1 aromatic carbocycles. The van der Waals surface area contributed by atoms with Crippen LogP contribution in [-0.2, 0) is 16.1 Å². The van der Waals surface area contributed by atoms with Gasteiger partial charge in [-0.1, -0.05) is 30.5 Å². The zero-order valence-electron chi connectivity index (χ0n) is 15.8. The number of amides is 4. The van der Waals surface area contributed by atoms with E-state index in [1.165, 1.54) is 4.90 Å². The zero-order valence-corrected chi connectivity index (χ0v) is 16.6. The van der Waals surface area contributed by atoms with Crippen LogP contribution in [0, 0.1) is 0 Å². The smallest absolute Gasteiger partial charge is 0.323 e. The summed E-state index contributed by atoms with van der Waals surface area (Å²) >= 11 is 5.98. The van der Waals surface area contributed by atoms with Crippen LogP contribution in [0.1, 0.15) is 31.4 Å². The molecule has 1 N–H and O–H groups in total. The number of hydrogen-bond acceptors (Lipinski definition) is 4. The number of aromatic nitrogens is 1. The molecule has 4 amide bonds. The number of imide groups is 1. The van der Waals surface area contributed by atoms with E-state index in [9.17, 15) is 14.4 Å². The molecule has 150 valence electrons. The van der Waals surface area contributed by atoms with Crippen LogP contribution in [0.15, 0.2) is 48.7 Å². The Bertz CT molecular complexity index is 927. The van der Waals surface area contributed by atoms with Crippen LogP contribution in [0.4, 0.5) is 10.5 Å². The van der Waals surface area contributed by atoms with Gasteiger partial charge >= 0.3 is 6.03 Å². The number of carbonyl (C=O) groups is 3. The highest BCUT2D eigenvalue weighted by atomic mass is 35.5. The summed E-state index contributed by atoms with van der Waals surface area (Å²) in [6.07, 6.45) is 4.68. The Morgan fingerprint density at radius 1 is 1.14 bits per heavy atom. The van der Waals surface area contributed by atoms with Crippen LogP contribution in [-0.4, -0.2) is 39.8 Å². The van der Waals surface area contributed by atoms with Gasteiger partial charge in [0.2, 0.25) is 5.91 Å². The summed E-state index contributed by atoms with van der Waals surface area (Å²) in [7, 11) is 0. The Morgan fingerprint density at radius 3 is 2.52 bits per heavy atom. The number of halogens is 1. The molecule has 1 spiro atoms. The molecule has 1 saturated carbocycles. The fraction of sp³-hybridized carbons (Fsp3) is 0.333. The standard InChI is InChI=1S/C21H21ClN4O3/c22-15-6-8-17(9-7-15)25(13-16-5-1-4-12-23-16)18(27)14-26-19(28)21(24-20(26)29)10-2-3-11-21/h1,4-9,12H,2-3,10-11,13-14H2,(H,24,29). The van der Waals surface area contributed by atoms with Gasteiger partial charge in [-0.05, 0) is 49.2 Å². The largest absolute Gasteiger partial charge is 0.325 e. The molecule has 29 heavy (non-hydrogen) atoms. The van der Waals surface area contributed by atoms with E-state index >= 15 is 0 Å². The lowest BCUT2D eigenvalue weighted by Crippen LogP contribution is -2.46. The fourth-order valence-electron chi connectivity index (χ4n) is 3.96. The molecular weight excluding hydrogens is 392 g/mol. The van der Waals surface area contributed by atoms with E-state index in [1.807, 2.05) is 12.1 Å². The Morgan fingerprint density at radius 2 is 1.86 bits per heavy atom. The lowest BCUT2D eigenvalue weighted by atomic mass is 9.98. The van der Waals surface area contributed by atoms with Gasteiger partial charge in [0.05, 0.1) is 12.2 Å². The van der Waals surface area contributed by atoms with E-state index in [2.05, 4.69) is 10.3 Å². The fourth-order valence-corrected chi connectivity index (χ4v) is 4.08. The summed E-state index contributed by atoms with van der Waals surface area (Å²) in [5, 5.41) is 3.36. The van der Waals surface area contributed by atoms with Gasteiger partial charge in [0, 0.05) is 16.9 Å². The molecule has 1 aliphatic heterocycles. The van der Waals surface area contributed by atoms with Crippen molar-refractivity contribution in [3.05, 3.63) is 59.4 Å². The van der Waals surface area contributed by atoms with E-state index in [0.29, 0.717) is 29.2 Å². The highest BCUT2D eigenvalue weighted by Gasteiger charge is 2.52. The number of benzene rings is 1. The van der Waals surface area contributed by atoms with Gasteiger partial charge in [-0.25, -0.2) is 4.79 Å². The Kier molecular flexibility index (Phi) is 5.24. The SMILES string of the molecule is O=C1NC2(CCCC2)C(=O)N1CC(=O)N(Cc1ccccn1)c1ccc(Cl)cc1. The second kappa shape index (κ2) is 7.83. The van der Waals surface area contributed by atoms with Crippen molar-refractivity contribution in [1.29, 1.82) is 0 Å². The van der Waals surface area contributed by atoms with Crippen LogP contribution in [0.3, 0.4) is 0 Å². The molecule has 2 heterocycles. The van der Waals surface area contributed by atoms with Crippen LogP contribution in [0.2, 0.25) is 5.02 Å². The Hall–Kier alpha value is -2.93. The molecule has 2 aromatic rings. The number of nitrogens with zero attached hydrogens (tertiary/aromatic N) is 3. The first-order valence-corrected chi connectivity index (χ1v) is 9.96. The summed E-state index contributed by atoms with van der Waals surface area (Å²) in [4.78, 5) is 45.3. The van der Waals surface area contributed by atoms with Crippen LogP contribution >= 0.6 is 11.6 Å². The number of anilines is 1. The molecular formula is C21H21ClN4O3. The van der Waals surface area contributed by atoms with Gasteiger partial charge in [-0.2, -0.15) is 0 Å². The molecule has 8 heteroatoms. The molecule has 7 nitrogen and oxygen atoms in total. The zero-order chi connectivity index (χ0) is 20.4. The number of hydrogen-bond donors (Lipinski definition) is 1. The van der Waals surface area contributed by atoms with Crippen LogP contribution in [0.5, 0.6) is 0 Å². The van der Waals surface area contributed by atoms with Crippen molar-refractivity contribution in [2.45, 2.75) is 37.8 Å². The third-order valence-electron chi connectivity index (χ3n) is 5.48. The second-order valence-corrected chi connectivity index (χ2v) is 7.82. The molecule has 1 aromatic heterocycles. The van der Waals surface area contributed by atoms with Gasteiger partial charge in [-0.15, -0.1) is 0 Å². The molecule has 2 fully saturated rings. The monoisotopic (exact) mass is 412 g/mol. The van der Waals surface area contributed by atoms with Crippen LogP contribution < -0.4 is 10.2 Å². The summed E-state index contributed by atoms with van der Waals surface area (Å²) in [5.41, 5.74) is 0.483. The molecule has 0 radical (unpaired) electrons. The lowest BCUT2D eigenvalue weighted by molar-refractivity contribution is -0.134. The van der Waals surface area contributed by atoms with E-state index in [0.717, 1.165) is 17.7 Å². The molecule has 2 aliphatic rings.